The van der Waals surface area contributed by atoms with E-state index in [0.29, 0.717) is 37.9 Å². The largest absolute Gasteiger partial charge is 0.393 e. The molecule has 0 spiro atoms. The first-order valence-corrected chi connectivity index (χ1v) is 9.47. The van der Waals surface area contributed by atoms with Crippen molar-refractivity contribution in [2.45, 2.75) is 0 Å². The zero-order valence-electron chi connectivity index (χ0n) is 15.7. The van der Waals surface area contributed by atoms with Gasteiger partial charge in [0, 0.05) is 26.2 Å². The zero-order valence-corrected chi connectivity index (χ0v) is 15.7. The van der Waals surface area contributed by atoms with Crippen molar-refractivity contribution in [3.63, 3.8) is 0 Å². The van der Waals surface area contributed by atoms with Gasteiger partial charge in [-0.05, 0) is 23.8 Å². The van der Waals surface area contributed by atoms with Gasteiger partial charge in [0.2, 0.25) is 0 Å². The van der Waals surface area contributed by atoms with Gasteiger partial charge in [0.05, 0.1) is 26.4 Å². The summed E-state index contributed by atoms with van der Waals surface area (Å²) in [6.07, 6.45) is 3.71. The fraction of sp³-hybridized carbons (Fsp3) is 0.400. The second-order valence-electron chi connectivity index (χ2n) is 6.73. The monoisotopic (exact) mass is 385 g/mol. The van der Waals surface area contributed by atoms with E-state index in [1.165, 1.54) is 12.1 Å². The van der Waals surface area contributed by atoms with Gasteiger partial charge in [-0.25, -0.2) is 14.4 Å². The summed E-state index contributed by atoms with van der Waals surface area (Å²) in [4.78, 5) is 13.7. The summed E-state index contributed by atoms with van der Waals surface area (Å²) in [5.74, 6) is 1.78. The molecule has 0 unspecified atom stereocenters. The molecule has 2 saturated heterocycles. The van der Waals surface area contributed by atoms with E-state index in [2.05, 4.69) is 9.80 Å². The lowest BCUT2D eigenvalue weighted by atomic mass is 10.2. The molecule has 1 aromatic carbocycles. The van der Waals surface area contributed by atoms with Crippen molar-refractivity contribution in [3.8, 4) is 0 Å². The molecule has 2 fully saturated rings. The summed E-state index contributed by atoms with van der Waals surface area (Å²) in [6.45, 7) is 5.56. The van der Waals surface area contributed by atoms with Gasteiger partial charge in [0.1, 0.15) is 11.5 Å². The van der Waals surface area contributed by atoms with E-state index in [0.717, 1.165) is 43.4 Å². The summed E-state index contributed by atoms with van der Waals surface area (Å²) >= 11 is 0. The van der Waals surface area contributed by atoms with Crippen molar-refractivity contribution in [1.29, 1.82) is 0 Å². The summed E-state index contributed by atoms with van der Waals surface area (Å²) in [5.41, 5.74) is 7.95. The Morgan fingerprint density at radius 2 is 1.32 bits per heavy atom. The van der Waals surface area contributed by atoms with Crippen LogP contribution in [0.5, 0.6) is 0 Å². The first-order chi connectivity index (χ1) is 13.7. The first kappa shape index (κ1) is 18.6. The van der Waals surface area contributed by atoms with Gasteiger partial charge >= 0.3 is 0 Å². The van der Waals surface area contributed by atoms with E-state index in [4.69, 9.17) is 25.2 Å². The Labute approximate surface area is 163 Å². The van der Waals surface area contributed by atoms with Crippen LogP contribution in [0, 0.1) is 5.82 Å². The van der Waals surface area contributed by atoms with E-state index in [-0.39, 0.29) is 5.82 Å². The molecule has 2 aromatic rings. The highest BCUT2D eigenvalue weighted by molar-refractivity contribution is 5.79. The number of anilines is 3. The molecule has 0 atom stereocenters. The van der Waals surface area contributed by atoms with Crippen molar-refractivity contribution in [2.24, 2.45) is 0 Å². The van der Waals surface area contributed by atoms with E-state index in [1.54, 1.807) is 12.1 Å². The van der Waals surface area contributed by atoms with Crippen LogP contribution in [-0.4, -0.2) is 62.6 Å². The number of nitrogen functional groups attached to an aromatic ring is 1. The topological polar surface area (TPSA) is 76.7 Å². The summed E-state index contributed by atoms with van der Waals surface area (Å²) in [6, 6.07) is 6.30. The minimum Gasteiger partial charge on any atom is -0.393 e. The van der Waals surface area contributed by atoms with E-state index in [1.807, 2.05) is 12.2 Å². The molecule has 8 heteroatoms. The van der Waals surface area contributed by atoms with Gasteiger partial charge in [0.25, 0.3) is 0 Å². The number of rotatable bonds is 4. The van der Waals surface area contributed by atoms with Crippen LogP contribution in [0.25, 0.3) is 12.2 Å². The third-order valence-corrected chi connectivity index (χ3v) is 4.84. The van der Waals surface area contributed by atoms with Crippen LogP contribution in [0.2, 0.25) is 0 Å². The van der Waals surface area contributed by atoms with Crippen LogP contribution >= 0.6 is 0 Å². The highest BCUT2D eigenvalue weighted by atomic mass is 19.1. The Bertz CT molecular complexity index is 792. The molecule has 0 radical (unpaired) electrons. The maximum atomic E-state index is 13.1. The number of hydrogen-bond donors (Lipinski definition) is 1. The van der Waals surface area contributed by atoms with Crippen LogP contribution in [0.4, 0.5) is 21.7 Å². The minimum atomic E-state index is -0.259. The molecule has 2 aliphatic heterocycles. The van der Waals surface area contributed by atoms with E-state index < -0.39 is 0 Å². The molecule has 7 nitrogen and oxygen atoms in total. The van der Waals surface area contributed by atoms with Crippen LogP contribution in [0.1, 0.15) is 11.4 Å². The molecule has 0 amide bonds. The third kappa shape index (κ3) is 4.23. The Hall–Kier alpha value is -2.71. The highest BCUT2D eigenvalue weighted by Crippen LogP contribution is 2.31. The van der Waals surface area contributed by atoms with Crippen LogP contribution in [0.3, 0.4) is 0 Å². The maximum absolute atomic E-state index is 13.1. The normalized spacial score (nSPS) is 18.0. The fourth-order valence-corrected chi connectivity index (χ4v) is 3.31. The molecule has 2 aliphatic rings. The lowest BCUT2D eigenvalue weighted by Crippen LogP contribution is -2.40. The number of nitrogens with zero attached hydrogens (tertiary/aromatic N) is 4. The van der Waals surface area contributed by atoms with Crippen molar-refractivity contribution < 1.29 is 13.9 Å². The summed E-state index contributed by atoms with van der Waals surface area (Å²) in [5, 5.41) is 0. The number of hydrogen-bond acceptors (Lipinski definition) is 7. The van der Waals surface area contributed by atoms with Gasteiger partial charge in [0.15, 0.2) is 17.5 Å². The number of morpholine rings is 2. The third-order valence-electron chi connectivity index (χ3n) is 4.84. The number of nitrogens with two attached hydrogens (primary N) is 1. The minimum absolute atomic E-state index is 0.259. The average molecular weight is 385 g/mol. The molecule has 3 heterocycles. The molecule has 2 N–H and O–H groups in total. The number of benzene rings is 1. The van der Waals surface area contributed by atoms with Crippen molar-refractivity contribution >= 4 is 29.5 Å². The van der Waals surface area contributed by atoms with Crippen LogP contribution in [0.15, 0.2) is 24.3 Å². The molecular formula is C20H24FN5O2. The standard InChI is InChI=1S/C20H24FN5O2/c21-16-4-1-15(2-5-16)3-6-17-23-19(25-7-11-27-12-8-25)18(22)20(24-17)26-9-13-28-14-10-26/h1-6H,7-14,22H2/b6-3+. The molecular weight excluding hydrogens is 361 g/mol. The lowest BCUT2D eigenvalue weighted by molar-refractivity contribution is 0.122. The molecule has 1 aromatic heterocycles. The van der Waals surface area contributed by atoms with Gasteiger partial charge in [-0.2, -0.15) is 0 Å². The smallest absolute Gasteiger partial charge is 0.158 e. The van der Waals surface area contributed by atoms with E-state index >= 15 is 0 Å². The molecule has 148 valence electrons. The summed E-state index contributed by atoms with van der Waals surface area (Å²) < 4.78 is 24.0. The maximum Gasteiger partial charge on any atom is 0.158 e. The molecule has 0 bridgehead atoms. The molecule has 0 saturated carbocycles. The Kier molecular flexibility index (Phi) is 5.68. The fourth-order valence-electron chi connectivity index (χ4n) is 3.31. The predicted octanol–water partition coefficient (Wildman–Crippen LogP) is 2.04. The number of aromatic nitrogens is 2. The second kappa shape index (κ2) is 8.53. The van der Waals surface area contributed by atoms with Gasteiger partial charge in [-0.15, -0.1) is 0 Å². The van der Waals surface area contributed by atoms with Crippen LogP contribution < -0.4 is 15.5 Å². The SMILES string of the molecule is Nc1c(N2CCOCC2)nc(/C=C/c2ccc(F)cc2)nc1N1CCOCC1. The number of ether oxygens (including phenoxy) is 2. The average Bonchev–Trinajstić information content (AvgIpc) is 2.75. The Morgan fingerprint density at radius 1 is 0.821 bits per heavy atom. The van der Waals surface area contributed by atoms with Crippen LogP contribution in [-0.2, 0) is 9.47 Å². The Morgan fingerprint density at radius 3 is 1.82 bits per heavy atom. The van der Waals surface area contributed by atoms with Crippen molar-refractivity contribution in [1.82, 2.24) is 9.97 Å². The zero-order chi connectivity index (χ0) is 19.3. The van der Waals surface area contributed by atoms with Crippen molar-refractivity contribution in [2.75, 3.05) is 68.1 Å². The summed E-state index contributed by atoms with van der Waals surface area (Å²) in [7, 11) is 0. The number of halogens is 1. The molecule has 28 heavy (non-hydrogen) atoms. The highest BCUT2D eigenvalue weighted by Gasteiger charge is 2.23. The van der Waals surface area contributed by atoms with Gasteiger partial charge in [-0.3, -0.25) is 0 Å². The Balaban J connectivity index is 1.68. The van der Waals surface area contributed by atoms with Crippen molar-refractivity contribution in [3.05, 3.63) is 41.5 Å². The predicted molar refractivity (Wildman–Crippen MR) is 108 cm³/mol. The molecule has 0 aliphatic carbocycles. The second-order valence-corrected chi connectivity index (χ2v) is 6.73. The van der Waals surface area contributed by atoms with Gasteiger partial charge < -0.3 is 25.0 Å². The van der Waals surface area contributed by atoms with E-state index in [9.17, 15) is 4.39 Å². The van der Waals surface area contributed by atoms with Gasteiger partial charge in [-0.1, -0.05) is 18.2 Å². The lowest BCUT2D eigenvalue weighted by Gasteiger charge is -2.32. The quantitative estimate of drug-likeness (QED) is 0.863. The first-order valence-electron chi connectivity index (χ1n) is 9.47. The molecule has 4 rings (SSSR count).